The average molecular weight is 440 g/mol. The first-order valence-electron chi connectivity index (χ1n) is 10.3. The lowest BCUT2D eigenvalue weighted by Gasteiger charge is -2.18. The van der Waals surface area contributed by atoms with Crippen molar-refractivity contribution in [3.8, 4) is 34.2 Å². The fraction of sp³-hybridized carbons (Fsp3) is 0.0800. The number of hydrogen-bond donors (Lipinski definition) is 2. The van der Waals surface area contributed by atoms with Crippen LogP contribution in [0.2, 0.25) is 0 Å². The molecule has 0 saturated carbocycles. The van der Waals surface area contributed by atoms with E-state index in [-0.39, 0.29) is 11.7 Å². The molecule has 0 aliphatic carbocycles. The van der Waals surface area contributed by atoms with Crippen LogP contribution in [0.1, 0.15) is 15.9 Å². The Morgan fingerprint density at radius 2 is 1.76 bits per heavy atom. The fourth-order valence-corrected chi connectivity index (χ4v) is 3.45. The van der Waals surface area contributed by atoms with E-state index in [0.717, 1.165) is 11.3 Å². The summed E-state index contributed by atoms with van der Waals surface area (Å²) in [5.74, 6) is 1.07. The Morgan fingerprint density at radius 3 is 2.55 bits per heavy atom. The largest absolute Gasteiger partial charge is 0.508 e. The number of nitrogens with one attached hydrogen (secondary N) is 1. The summed E-state index contributed by atoms with van der Waals surface area (Å²) in [6, 6.07) is 21.3. The smallest absolute Gasteiger partial charge is 0.271 e. The lowest BCUT2D eigenvalue weighted by atomic mass is 10.1. The molecular formula is C25H20N4O4. The highest BCUT2D eigenvalue weighted by atomic mass is 16.6. The SMILES string of the molecule is O=C(NN=Cc1cn(-c2ccccc2)nc1-c1ccc2c(c1)OCCO2)c1ccc(O)cc1. The number of benzene rings is 3. The van der Waals surface area contributed by atoms with Crippen molar-refractivity contribution in [2.75, 3.05) is 13.2 Å². The minimum atomic E-state index is -0.386. The van der Waals surface area contributed by atoms with Crippen molar-refractivity contribution >= 4 is 12.1 Å². The minimum Gasteiger partial charge on any atom is -0.508 e. The van der Waals surface area contributed by atoms with Gasteiger partial charge in [-0.25, -0.2) is 10.1 Å². The second-order valence-electron chi connectivity index (χ2n) is 7.32. The number of amides is 1. The Hall–Kier alpha value is -4.59. The Balaban J connectivity index is 1.46. The molecule has 0 atom stereocenters. The number of aromatic nitrogens is 2. The van der Waals surface area contributed by atoms with Crippen LogP contribution < -0.4 is 14.9 Å². The zero-order chi connectivity index (χ0) is 22.6. The molecule has 1 amide bonds. The highest BCUT2D eigenvalue weighted by Gasteiger charge is 2.17. The van der Waals surface area contributed by atoms with Gasteiger partial charge in [0.1, 0.15) is 24.7 Å². The molecule has 1 aromatic heterocycles. The van der Waals surface area contributed by atoms with Gasteiger partial charge in [0.15, 0.2) is 11.5 Å². The molecule has 0 fully saturated rings. The lowest BCUT2D eigenvalue weighted by molar-refractivity contribution is 0.0955. The van der Waals surface area contributed by atoms with E-state index in [0.29, 0.717) is 41.5 Å². The van der Waals surface area contributed by atoms with Crippen LogP contribution in [0, 0.1) is 0 Å². The number of aromatic hydroxyl groups is 1. The standard InChI is InChI=1S/C25H20N4O4/c30-21-9-6-17(7-10-21)25(31)27-26-15-19-16-29(20-4-2-1-3-5-20)28-24(19)18-8-11-22-23(14-18)33-13-12-32-22/h1-11,14-16,30H,12-13H2,(H,27,31). The average Bonchev–Trinajstić information content (AvgIpc) is 3.29. The number of carbonyl (C=O) groups is 1. The van der Waals surface area contributed by atoms with Crippen LogP contribution in [0.3, 0.4) is 0 Å². The number of phenolic OH excluding ortho intramolecular Hbond substituents is 1. The van der Waals surface area contributed by atoms with Crippen LogP contribution in [0.5, 0.6) is 17.2 Å². The molecule has 5 rings (SSSR count). The van der Waals surface area contributed by atoms with Crippen molar-refractivity contribution in [1.29, 1.82) is 0 Å². The molecule has 1 aliphatic heterocycles. The number of ether oxygens (including phenoxy) is 2. The molecule has 0 radical (unpaired) electrons. The van der Waals surface area contributed by atoms with E-state index in [1.807, 2.05) is 54.7 Å². The normalized spacial score (nSPS) is 12.6. The number of fused-ring (bicyclic) bond motifs is 1. The number of phenols is 1. The summed E-state index contributed by atoms with van der Waals surface area (Å²) in [5.41, 5.74) is 6.01. The number of hydrazone groups is 1. The third-order valence-electron chi connectivity index (χ3n) is 5.08. The molecule has 4 aromatic rings. The number of hydrogen-bond acceptors (Lipinski definition) is 6. The van der Waals surface area contributed by atoms with Crippen molar-refractivity contribution in [2.24, 2.45) is 5.10 Å². The van der Waals surface area contributed by atoms with Gasteiger partial charge in [0.05, 0.1) is 11.9 Å². The van der Waals surface area contributed by atoms with E-state index in [2.05, 4.69) is 10.5 Å². The second kappa shape index (κ2) is 8.88. The van der Waals surface area contributed by atoms with Crippen molar-refractivity contribution < 1.29 is 19.4 Å². The topological polar surface area (TPSA) is 98.0 Å². The molecule has 2 heterocycles. The summed E-state index contributed by atoms with van der Waals surface area (Å²) in [7, 11) is 0. The molecule has 164 valence electrons. The number of nitrogens with zero attached hydrogens (tertiary/aromatic N) is 3. The van der Waals surface area contributed by atoms with E-state index in [4.69, 9.17) is 14.6 Å². The summed E-state index contributed by atoms with van der Waals surface area (Å²) in [5, 5.41) is 18.3. The van der Waals surface area contributed by atoms with Crippen LogP contribution in [0.4, 0.5) is 0 Å². The van der Waals surface area contributed by atoms with Gasteiger partial charge in [0.25, 0.3) is 5.91 Å². The van der Waals surface area contributed by atoms with E-state index in [1.165, 1.54) is 24.3 Å². The van der Waals surface area contributed by atoms with Crippen LogP contribution in [0.25, 0.3) is 16.9 Å². The third kappa shape index (κ3) is 4.40. The third-order valence-corrected chi connectivity index (χ3v) is 5.08. The van der Waals surface area contributed by atoms with Gasteiger partial charge in [-0.1, -0.05) is 18.2 Å². The molecule has 1 aliphatic rings. The lowest BCUT2D eigenvalue weighted by Crippen LogP contribution is -2.17. The van der Waals surface area contributed by atoms with Crippen molar-refractivity contribution in [3.05, 3.63) is 90.1 Å². The predicted octanol–water partition coefficient (Wildman–Crippen LogP) is 3.78. The Morgan fingerprint density at radius 1 is 1.00 bits per heavy atom. The summed E-state index contributed by atoms with van der Waals surface area (Å²) in [6.45, 7) is 1.01. The van der Waals surface area contributed by atoms with Crippen molar-refractivity contribution in [3.63, 3.8) is 0 Å². The maximum atomic E-state index is 12.3. The highest BCUT2D eigenvalue weighted by Crippen LogP contribution is 2.35. The Bertz CT molecular complexity index is 1310. The van der Waals surface area contributed by atoms with Gasteiger partial charge in [0, 0.05) is 22.9 Å². The predicted molar refractivity (Wildman–Crippen MR) is 123 cm³/mol. The fourth-order valence-electron chi connectivity index (χ4n) is 3.45. The molecular weight excluding hydrogens is 420 g/mol. The maximum absolute atomic E-state index is 12.3. The van der Waals surface area contributed by atoms with Gasteiger partial charge >= 0.3 is 0 Å². The Kier molecular flexibility index (Phi) is 5.47. The van der Waals surface area contributed by atoms with Gasteiger partial charge in [-0.3, -0.25) is 4.79 Å². The Labute approximate surface area is 189 Å². The van der Waals surface area contributed by atoms with Gasteiger partial charge in [-0.15, -0.1) is 0 Å². The van der Waals surface area contributed by atoms with E-state index in [9.17, 15) is 9.90 Å². The maximum Gasteiger partial charge on any atom is 0.271 e. The zero-order valence-corrected chi connectivity index (χ0v) is 17.5. The molecule has 0 saturated heterocycles. The van der Waals surface area contributed by atoms with Gasteiger partial charge in [-0.05, 0) is 54.6 Å². The second-order valence-corrected chi connectivity index (χ2v) is 7.32. The van der Waals surface area contributed by atoms with Crippen LogP contribution in [-0.4, -0.2) is 40.2 Å². The van der Waals surface area contributed by atoms with Crippen molar-refractivity contribution in [1.82, 2.24) is 15.2 Å². The molecule has 3 aromatic carbocycles. The monoisotopic (exact) mass is 440 g/mol. The van der Waals surface area contributed by atoms with E-state index >= 15 is 0 Å². The summed E-state index contributed by atoms with van der Waals surface area (Å²) >= 11 is 0. The van der Waals surface area contributed by atoms with Gasteiger partial charge in [0.2, 0.25) is 0 Å². The van der Waals surface area contributed by atoms with Gasteiger partial charge in [-0.2, -0.15) is 10.2 Å². The quantitative estimate of drug-likeness (QED) is 0.364. The first-order chi connectivity index (χ1) is 16.2. The molecule has 2 N–H and O–H groups in total. The van der Waals surface area contributed by atoms with E-state index < -0.39 is 0 Å². The molecule has 0 spiro atoms. The summed E-state index contributed by atoms with van der Waals surface area (Å²) in [4.78, 5) is 12.3. The molecule has 0 unspecified atom stereocenters. The van der Waals surface area contributed by atoms with Crippen LogP contribution >= 0.6 is 0 Å². The zero-order valence-electron chi connectivity index (χ0n) is 17.5. The summed E-state index contributed by atoms with van der Waals surface area (Å²) < 4.78 is 13.1. The van der Waals surface area contributed by atoms with Crippen molar-refractivity contribution in [2.45, 2.75) is 0 Å². The highest BCUT2D eigenvalue weighted by molar-refractivity contribution is 5.95. The number of para-hydroxylation sites is 1. The minimum absolute atomic E-state index is 0.0902. The van der Waals surface area contributed by atoms with Crippen LogP contribution in [0.15, 0.2) is 84.1 Å². The van der Waals surface area contributed by atoms with Crippen LogP contribution in [-0.2, 0) is 0 Å². The first-order valence-corrected chi connectivity index (χ1v) is 10.3. The summed E-state index contributed by atoms with van der Waals surface area (Å²) in [6.07, 6.45) is 3.40. The number of carbonyl (C=O) groups excluding carboxylic acids is 1. The molecule has 8 heteroatoms. The van der Waals surface area contributed by atoms with Gasteiger partial charge < -0.3 is 14.6 Å². The molecule has 8 nitrogen and oxygen atoms in total. The number of rotatable bonds is 5. The molecule has 0 bridgehead atoms. The van der Waals surface area contributed by atoms with E-state index in [1.54, 1.807) is 10.9 Å². The first kappa shape index (κ1) is 20.3. The molecule has 33 heavy (non-hydrogen) atoms.